The lowest BCUT2D eigenvalue weighted by Crippen LogP contribution is -2.21. The molecule has 0 spiro atoms. The third-order valence-electron chi connectivity index (χ3n) is 3.30. The summed E-state index contributed by atoms with van der Waals surface area (Å²) in [5.41, 5.74) is 1.93. The Labute approximate surface area is 134 Å². The van der Waals surface area contributed by atoms with Crippen molar-refractivity contribution in [2.75, 3.05) is 11.6 Å². The third-order valence-corrected chi connectivity index (χ3v) is 3.97. The Hall–Kier alpha value is -1.99. The third kappa shape index (κ3) is 5.30. The molecule has 0 unspecified atom stereocenters. The van der Waals surface area contributed by atoms with E-state index in [1.165, 1.54) is 12.1 Å². The van der Waals surface area contributed by atoms with Gasteiger partial charge in [-0.1, -0.05) is 18.2 Å². The van der Waals surface area contributed by atoms with Crippen molar-refractivity contribution in [2.24, 2.45) is 0 Å². The molecule has 0 fully saturated rings. The molecule has 0 aliphatic rings. The maximum atomic E-state index is 13.7. The first-order valence-corrected chi connectivity index (χ1v) is 8.89. The number of benzene rings is 2. The zero-order valence-corrected chi connectivity index (χ0v) is 13.6. The van der Waals surface area contributed by atoms with E-state index in [1.54, 1.807) is 31.2 Å². The Morgan fingerprint density at radius 3 is 2.30 bits per heavy atom. The van der Waals surface area contributed by atoms with Crippen molar-refractivity contribution < 1.29 is 17.2 Å². The molecule has 1 atom stereocenters. The van der Waals surface area contributed by atoms with Crippen molar-refractivity contribution in [2.45, 2.75) is 19.5 Å². The van der Waals surface area contributed by atoms with Crippen molar-refractivity contribution in [1.29, 1.82) is 0 Å². The predicted octanol–water partition coefficient (Wildman–Crippen LogP) is 3.19. The van der Waals surface area contributed by atoms with Crippen LogP contribution in [0.4, 0.5) is 14.5 Å². The van der Waals surface area contributed by atoms with E-state index in [4.69, 9.17) is 0 Å². The average molecular weight is 340 g/mol. The van der Waals surface area contributed by atoms with Gasteiger partial charge in [-0.05, 0) is 30.7 Å². The Morgan fingerprint density at radius 2 is 1.74 bits per heavy atom. The van der Waals surface area contributed by atoms with Crippen LogP contribution in [-0.2, 0) is 16.6 Å². The van der Waals surface area contributed by atoms with Crippen LogP contribution in [0.25, 0.3) is 0 Å². The van der Waals surface area contributed by atoms with Gasteiger partial charge in [0, 0.05) is 23.9 Å². The molecule has 124 valence electrons. The van der Waals surface area contributed by atoms with Crippen LogP contribution < -0.4 is 10.0 Å². The number of rotatable bonds is 6. The number of halogens is 2. The van der Waals surface area contributed by atoms with E-state index in [-0.39, 0.29) is 12.6 Å². The molecule has 0 amide bonds. The Morgan fingerprint density at radius 1 is 1.09 bits per heavy atom. The topological polar surface area (TPSA) is 58.2 Å². The van der Waals surface area contributed by atoms with Crippen molar-refractivity contribution >= 4 is 15.7 Å². The summed E-state index contributed by atoms with van der Waals surface area (Å²) in [4.78, 5) is 0. The largest absolute Gasteiger partial charge is 0.378 e. The van der Waals surface area contributed by atoms with E-state index >= 15 is 0 Å². The second-order valence-electron chi connectivity index (χ2n) is 5.32. The fourth-order valence-corrected chi connectivity index (χ4v) is 2.54. The normalized spacial score (nSPS) is 12.9. The highest BCUT2D eigenvalue weighted by Crippen LogP contribution is 2.22. The predicted molar refractivity (Wildman–Crippen MR) is 86.5 cm³/mol. The molecule has 0 saturated carbocycles. The summed E-state index contributed by atoms with van der Waals surface area (Å²) >= 11 is 0. The smallest absolute Gasteiger partial charge is 0.209 e. The minimum atomic E-state index is -3.23. The van der Waals surface area contributed by atoms with E-state index in [0.29, 0.717) is 5.56 Å². The molecule has 0 aromatic heterocycles. The molecular formula is C16H18F2N2O2S. The number of hydrogen-bond acceptors (Lipinski definition) is 3. The second-order valence-corrected chi connectivity index (χ2v) is 7.16. The summed E-state index contributed by atoms with van der Waals surface area (Å²) < 4.78 is 51.2. The monoisotopic (exact) mass is 340 g/mol. The van der Waals surface area contributed by atoms with Crippen molar-refractivity contribution in [3.63, 3.8) is 0 Å². The van der Waals surface area contributed by atoms with Gasteiger partial charge in [-0.25, -0.2) is 21.9 Å². The summed E-state index contributed by atoms with van der Waals surface area (Å²) in [7, 11) is -3.23. The number of nitrogens with one attached hydrogen (secondary N) is 2. The van der Waals surface area contributed by atoms with Crippen LogP contribution in [0.1, 0.15) is 24.1 Å². The molecule has 0 bridgehead atoms. The van der Waals surface area contributed by atoms with Gasteiger partial charge in [0.05, 0.1) is 12.3 Å². The molecule has 0 radical (unpaired) electrons. The maximum Gasteiger partial charge on any atom is 0.209 e. The first kappa shape index (κ1) is 17.4. The van der Waals surface area contributed by atoms with Gasteiger partial charge in [-0.15, -0.1) is 0 Å². The highest BCUT2D eigenvalue weighted by molar-refractivity contribution is 7.88. The summed E-state index contributed by atoms with van der Waals surface area (Å²) in [5.74, 6) is -1.21. The fourth-order valence-electron chi connectivity index (χ4n) is 2.11. The van der Waals surface area contributed by atoms with E-state index < -0.39 is 21.7 Å². The fraction of sp³-hybridized carbons (Fsp3) is 0.250. The van der Waals surface area contributed by atoms with Crippen LogP contribution in [0.2, 0.25) is 0 Å². The van der Waals surface area contributed by atoms with E-state index in [9.17, 15) is 17.2 Å². The van der Waals surface area contributed by atoms with Gasteiger partial charge < -0.3 is 5.32 Å². The van der Waals surface area contributed by atoms with Gasteiger partial charge >= 0.3 is 0 Å². The first-order chi connectivity index (χ1) is 10.7. The van der Waals surface area contributed by atoms with Gasteiger partial charge in [0.1, 0.15) is 11.6 Å². The molecular weight excluding hydrogens is 322 g/mol. The second kappa shape index (κ2) is 7.06. The van der Waals surface area contributed by atoms with Crippen molar-refractivity contribution in [3.05, 3.63) is 65.2 Å². The first-order valence-electron chi connectivity index (χ1n) is 6.99. The molecule has 2 aromatic rings. The SMILES string of the molecule is C[C@H](Nc1ccc(CNS(C)(=O)=O)cc1)c1ccc(F)cc1F. The summed E-state index contributed by atoms with van der Waals surface area (Å²) in [6, 6.07) is 10.2. The van der Waals surface area contributed by atoms with Gasteiger partial charge in [0.15, 0.2) is 0 Å². The zero-order valence-electron chi connectivity index (χ0n) is 12.8. The lowest BCUT2D eigenvalue weighted by Gasteiger charge is -2.17. The molecule has 23 heavy (non-hydrogen) atoms. The lowest BCUT2D eigenvalue weighted by atomic mass is 10.1. The van der Waals surface area contributed by atoms with Crippen molar-refractivity contribution in [3.8, 4) is 0 Å². The quantitative estimate of drug-likeness (QED) is 0.849. The zero-order chi connectivity index (χ0) is 17.0. The molecule has 2 aromatic carbocycles. The molecule has 7 heteroatoms. The molecule has 0 saturated heterocycles. The standard InChI is InChI=1S/C16H18F2N2O2S/c1-11(15-8-5-13(17)9-16(15)18)20-14-6-3-12(4-7-14)10-19-23(2,21)22/h3-9,11,19-20H,10H2,1-2H3/t11-/m0/s1. The maximum absolute atomic E-state index is 13.7. The van der Waals surface area contributed by atoms with Crippen LogP contribution in [0.3, 0.4) is 0 Å². The summed E-state index contributed by atoms with van der Waals surface area (Å²) in [6.45, 7) is 1.98. The molecule has 0 heterocycles. The minimum absolute atomic E-state index is 0.210. The molecule has 4 nitrogen and oxygen atoms in total. The molecule has 0 aliphatic heterocycles. The summed E-state index contributed by atoms with van der Waals surface area (Å²) in [6.07, 6.45) is 1.10. The number of sulfonamides is 1. The molecule has 2 rings (SSSR count). The van der Waals surface area contributed by atoms with E-state index in [1.807, 2.05) is 0 Å². The number of anilines is 1. The molecule has 0 aliphatic carbocycles. The van der Waals surface area contributed by atoms with E-state index in [2.05, 4.69) is 10.0 Å². The highest BCUT2D eigenvalue weighted by Gasteiger charge is 2.11. The number of hydrogen-bond donors (Lipinski definition) is 2. The van der Waals surface area contributed by atoms with Crippen LogP contribution in [0, 0.1) is 11.6 Å². The van der Waals surface area contributed by atoms with Crippen LogP contribution in [0.15, 0.2) is 42.5 Å². The van der Waals surface area contributed by atoms with Gasteiger partial charge in [-0.2, -0.15) is 0 Å². The highest BCUT2D eigenvalue weighted by atomic mass is 32.2. The molecule has 2 N–H and O–H groups in total. The summed E-state index contributed by atoms with van der Waals surface area (Å²) in [5, 5.41) is 3.12. The minimum Gasteiger partial charge on any atom is -0.378 e. The lowest BCUT2D eigenvalue weighted by molar-refractivity contribution is 0.566. The van der Waals surface area contributed by atoms with E-state index in [0.717, 1.165) is 23.6 Å². The van der Waals surface area contributed by atoms with Crippen molar-refractivity contribution in [1.82, 2.24) is 4.72 Å². The van der Waals surface area contributed by atoms with Gasteiger partial charge in [0.25, 0.3) is 0 Å². The van der Waals surface area contributed by atoms with Crippen LogP contribution >= 0.6 is 0 Å². The average Bonchev–Trinajstić information content (AvgIpc) is 2.45. The Balaban J connectivity index is 2.02. The Bertz CT molecular complexity index is 777. The van der Waals surface area contributed by atoms with Gasteiger partial charge in [-0.3, -0.25) is 0 Å². The Kier molecular flexibility index (Phi) is 5.33. The van der Waals surface area contributed by atoms with Gasteiger partial charge in [0.2, 0.25) is 10.0 Å². The van der Waals surface area contributed by atoms with Crippen LogP contribution in [-0.4, -0.2) is 14.7 Å². The van der Waals surface area contributed by atoms with Crippen LogP contribution in [0.5, 0.6) is 0 Å².